The zero-order valence-corrected chi connectivity index (χ0v) is 7.92. The van der Waals surface area contributed by atoms with Crippen molar-refractivity contribution >= 4 is 11.5 Å². The molecule has 0 spiro atoms. The second-order valence-electron chi connectivity index (χ2n) is 3.10. The van der Waals surface area contributed by atoms with Gasteiger partial charge in [0.15, 0.2) is 0 Å². The fraction of sp³-hybridized carbons (Fsp3) is 0.500. The fourth-order valence-corrected chi connectivity index (χ4v) is 1.84. The predicted octanol–water partition coefficient (Wildman–Crippen LogP) is -0.0289. The molecule has 5 heteroatoms. The van der Waals surface area contributed by atoms with Gasteiger partial charge < -0.3 is 10.4 Å². The van der Waals surface area contributed by atoms with Crippen LogP contribution in [0.25, 0.3) is 0 Å². The fourth-order valence-electron chi connectivity index (χ4n) is 1.39. The summed E-state index contributed by atoms with van der Waals surface area (Å²) < 4.78 is 3.79. The molecule has 0 amide bonds. The minimum absolute atomic E-state index is 0.352. The van der Waals surface area contributed by atoms with Crippen molar-refractivity contribution in [1.82, 2.24) is 14.9 Å². The van der Waals surface area contributed by atoms with Crippen molar-refractivity contribution in [3.63, 3.8) is 0 Å². The first-order valence-electron chi connectivity index (χ1n) is 4.19. The van der Waals surface area contributed by atoms with E-state index in [4.69, 9.17) is 0 Å². The molecule has 0 saturated carbocycles. The van der Waals surface area contributed by atoms with Crippen LogP contribution < -0.4 is 5.32 Å². The number of β-amino-alcohol motifs (C(OH)–C–C–N with tert-alkyl or cyclic N) is 1. The van der Waals surface area contributed by atoms with E-state index in [1.54, 1.807) is 0 Å². The SMILES string of the molecule is OC1C=C(Cc2csnn2)CNC1. The molecular formula is C8H11N3OS. The van der Waals surface area contributed by atoms with E-state index >= 15 is 0 Å². The van der Waals surface area contributed by atoms with Crippen LogP contribution in [0.15, 0.2) is 17.0 Å². The van der Waals surface area contributed by atoms with Crippen molar-refractivity contribution in [2.75, 3.05) is 13.1 Å². The number of hydrogen-bond acceptors (Lipinski definition) is 5. The van der Waals surface area contributed by atoms with E-state index in [2.05, 4.69) is 14.9 Å². The van der Waals surface area contributed by atoms with Gasteiger partial charge in [-0.15, -0.1) is 5.10 Å². The maximum atomic E-state index is 9.34. The minimum Gasteiger partial charge on any atom is -0.388 e. The van der Waals surface area contributed by atoms with Crippen LogP contribution in [0.3, 0.4) is 0 Å². The number of aliphatic hydroxyl groups is 1. The molecule has 2 N–H and O–H groups in total. The normalized spacial score (nSPS) is 22.8. The average Bonchev–Trinajstić information content (AvgIpc) is 2.57. The van der Waals surface area contributed by atoms with Gasteiger partial charge in [0, 0.05) is 24.9 Å². The predicted molar refractivity (Wildman–Crippen MR) is 50.6 cm³/mol. The van der Waals surface area contributed by atoms with Gasteiger partial charge >= 0.3 is 0 Å². The molecule has 0 radical (unpaired) electrons. The van der Waals surface area contributed by atoms with Gasteiger partial charge in [-0.3, -0.25) is 0 Å². The van der Waals surface area contributed by atoms with Crippen LogP contribution in [-0.2, 0) is 6.42 Å². The van der Waals surface area contributed by atoms with E-state index in [0.29, 0.717) is 6.54 Å². The number of aromatic nitrogens is 2. The maximum Gasteiger partial charge on any atom is 0.0848 e. The zero-order chi connectivity index (χ0) is 9.10. The molecule has 0 aliphatic carbocycles. The van der Waals surface area contributed by atoms with E-state index in [0.717, 1.165) is 18.7 Å². The lowest BCUT2D eigenvalue weighted by Crippen LogP contribution is -2.32. The molecule has 4 nitrogen and oxygen atoms in total. The Kier molecular flexibility index (Phi) is 2.68. The molecule has 0 bridgehead atoms. The molecule has 1 aromatic rings. The molecule has 2 heterocycles. The smallest absolute Gasteiger partial charge is 0.0848 e. The van der Waals surface area contributed by atoms with Crippen molar-refractivity contribution in [3.05, 3.63) is 22.7 Å². The van der Waals surface area contributed by atoms with Crippen LogP contribution in [0.1, 0.15) is 5.69 Å². The van der Waals surface area contributed by atoms with E-state index in [9.17, 15) is 5.11 Å². The largest absolute Gasteiger partial charge is 0.388 e. The first-order chi connectivity index (χ1) is 6.34. The van der Waals surface area contributed by atoms with Crippen LogP contribution in [0.5, 0.6) is 0 Å². The number of hydrogen-bond donors (Lipinski definition) is 2. The first kappa shape index (κ1) is 8.80. The van der Waals surface area contributed by atoms with Crippen LogP contribution in [0, 0.1) is 0 Å². The first-order valence-corrected chi connectivity index (χ1v) is 5.02. The summed E-state index contributed by atoms with van der Waals surface area (Å²) in [5.74, 6) is 0. The lowest BCUT2D eigenvalue weighted by molar-refractivity contribution is 0.212. The van der Waals surface area contributed by atoms with Crippen LogP contribution in [0.4, 0.5) is 0 Å². The zero-order valence-electron chi connectivity index (χ0n) is 7.10. The summed E-state index contributed by atoms with van der Waals surface area (Å²) >= 11 is 1.36. The van der Waals surface area contributed by atoms with Gasteiger partial charge in [0.2, 0.25) is 0 Å². The number of aliphatic hydroxyl groups excluding tert-OH is 1. The van der Waals surface area contributed by atoms with E-state index in [1.807, 2.05) is 11.5 Å². The van der Waals surface area contributed by atoms with Crippen LogP contribution >= 0.6 is 11.5 Å². The Balaban J connectivity index is 2.02. The molecule has 1 aliphatic heterocycles. The average molecular weight is 197 g/mol. The highest BCUT2D eigenvalue weighted by Crippen LogP contribution is 2.09. The number of nitrogens with zero attached hydrogens (tertiary/aromatic N) is 2. The molecule has 2 rings (SSSR count). The molecular weight excluding hydrogens is 186 g/mol. The lowest BCUT2D eigenvalue weighted by Gasteiger charge is -2.17. The van der Waals surface area contributed by atoms with E-state index in [1.165, 1.54) is 17.1 Å². The van der Waals surface area contributed by atoms with Gasteiger partial charge in [0.25, 0.3) is 0 Å². The third kappa shape index (κ3) is 2.33. The van der Waals surface area contributed by atoms with Crippen molar-refractivity contribution in [2.24, 2.45) is 0 Å². The standard InChI is InChI=1S/C8H11N3OS/c12-8-2-6(3-9-4-8)1-7-5-13-11-10-7/h2,5,8-9,12H,1,3-4H2. The van der Waals surface area contributed by atoms with Gasteiger partial charge in [0.05, 0.1) is 11.8 Å². The molecule has 1 atom stereocenters. The van der Waals surface area contributed by atoms with Crippen molar-refractivity contribution < 1.29 is 5.11 Å². The third-order valence-electron chi connectivity index (χ3n) is 1.95. The Morgan fingerprint density at radius 1 is 1.69 bits per heavy atom. The monoisotopic (exact) mass is 197 g/mol. The maximum absolute atomic E-state index is 9.34. The van der Waals surface area contributed by atoms with Crippen LogP contribution in [-0.4, -0.2) is 33.9 Å². The summed E-state index contributed by atoms with van der Waals surface area (Å²) in [6.07, 6.45) is 2.34. The number of nitrogens with one attached hydrogen (secondary N) is 1. The summed E-state index contributed by atoms with van der Waals surface area (Å²) in [6, 6.07) is 0. The van der Waals surface area contributed by atoms with Crippen molar-refractivity contribution in [1.29, 1.82) is 0 Å². The summed E-state index contributed by atoms with van der Waals surface area (Å²) in [7, 11) is 0. The summed E-state index contributed by atoms with van der Waals surface area (Å²) in [6.45, 7) is 1.49. The Morgan fingerprint density at radius 2 is 2.62 bits per heavy atom. The summed E-state index contributed by atoms with van der Waals surface area (Å²) in [5, 5.41) is 18.4. The molecule has 1 aliphatic rings. The highest BCUT2D eigenvalue weighted by atomic mass is 32.1. The molecule has 0 aromatic carbocycles. The Hall–Kier alpha value is -0.780. The van der Waals surface area contributed by atoms with Gasteiger partial charge in [-0.2, -0.15) is 0 Å². The molecule has 1 aromatic heterocycles. The Labute approximate surface area is 80.5 Å². The summed E-state index contributed by atoms with van der Waals surface area (Å²) in [5.41, 5.74) is 2.17. The lowest BCUT2D eigenvalue weighted by atomic mass is 10.1. The summed E-state index contributed by atoms with van der Waals surface area (Å²) in [4.78, 5) is 0. The quantitative estimate of drug-likeness (QED) is 0.654. The van der Waals surface area contributed by atoms with E-state index < -0.39 is 0 Å². The van der Waals surface area contributed by atoms with Crippen LogP contribution in [0.2, 0.25) is 0 Å². The molecule has 0 fully saturated rings. The minimum atomic E-state index is -0.352. The molecule has 0 saturated heterocycles. The van der Waals surface area contributed by atoms with Gasteiger partial charge in [-0.05, 0) is 11.5 Å². The van der Waals surface area contributed by atoms with Crippen molar-refractivity contribution in [3.8, 4) is 0 Å². The second-order valence-corrected chi connectivity index (χ2v) is 3.71. The topological polar surface area (TPSA) is 58.0 Å². The van der Waals surface area contributed by atoms with Gasteiger partial charge in [-0.1, -0.05) is 16.1 Å². The number of rotatable bonds is 2. The molecule has 1 unspecified atom stereocenters. The van der Waals surface area contributed by atoms with Gasteiger partial charge in [0.1, 0.15) is 0 Å². The molecule has 70 valence electrons. The Morgan fingerprint density at radius 3 is 3.31 bits per heavy atom. The highest BCUT2D eigenvalue weighted by molar-refractivity contribution is 7.03. The third-order valence-corrected chi connectivity index (χ3v) is 2.50. The molecule has 13 heavy (non-hydrogen) atoms. The van der Waals surface area contributed by atoms with E-state index in [-0.39, 0.29) is 6.10 Å². The highest BCUT2D eigenvalue weighted by Gasteiger charge is 2.10. The Bertz CT molecular complexity index is 296. The van der Waals surface area contributed by atoms with Crippen molar-refractivity contribution in [2.45, 2.75) is 12.5 Å². The second kappa shape index (κ2) is 3.95. The van der Waals surface area contributed by atoms with Gasteiger partial charge in [-0.25, -0.2) is 0 Å².